The molecule has 0 aromatic heterocycles. The lowest BCUT2D eigenvalue weighted by atomic mass is 10.2. The van der Waals surface area contributed by atoms with Crippen LogP contribution in [0.3, 0.4) is 0 Å². The summed E-state index contributed by atoms with van der Waals surface area (Å²) in [6.07, 6.45) is 0. The molecule has 0 spiro atoms. The number of hydrogen-bond donors (Lipinski definition) is 4. The largest absolute Gasteiger partial charge is 0.507 e. The zero-order valence-electron chi connectivity index (χ0n) is 19.5. The molecule has 208 valence electrons. The molecule has 4 N–H and O–H groups in total. The molecule has 4 aromatic carbocycles. The molecule has 0 bridgehead atoms. The van der Waals surface area contributed by atoms with Crippen LogP contribution in [0.25, 0.3) is 0 Å². The summed E-state index contributed by atoms with van der Waals surface area (Å²) in [5.41, 5.74) is -0.0350. The van der Waals surface area contributed by atoms with Gasteiger partial charge in [-0.1, -0.05) is 81.4 Å². The molecule has 40 heavy (non-hydrogen) atoms. The number of anilines is 1. The van der Waals surface area contributed by atoms with Gasteiger partial charge in [0.15, 0.2) is 0 Å². The van der Waals surface area contributed by atoms with Crippen molar-refractivity contribution in [1.29, 1.82) is 0 Å². The predicted molar refractivity (Wildman–Crippen MR) is 160 cm³/mol. The molecule has 0 fully saturated rings. The number of benzene rings is 4. The van der Waals surface area contributed by atoms with Gasteiger partial charge in [0.1, 0.15) is 17.2 Å². The third kappa shape index (κ3) is 8.14. The van der Waals surface area contributed by atoms with E-state index in [1.807, 2.05) is 0 Å². The van der Waals surface area contributed by atoms with Crippen LogP contribution < -0.4 is 5.32 Å². The SMILES string of the molecule is O=C(Nc1ccc([N+](=O)[O-])cc1Cl)c1cc(Cl)ccc1O.Oc1c(Cl)cc(Cl)cc1Sc1cc(Cl)cc(Cl)c1O. The van der Waals surface area contributed by atoms with E-state index in [2.05, 4.69) is 5.32 Å². The lowest BCUT2D eigenvalue weighted by molar-refractivity contribution is -0.384. The average molecular weight is 683 g/mol. The summed E-state index contributed by atoms with van der Waals surface area (Å²) in [5, 5.41) is 43.7. The number of phenols is 3. The van der Waals surface area contributed by atoms with E-state index >= 15 is 0 Å². The normalized spacial score (nSPS) is 10.4. The third-order valence-corrected chi connectivity index (χ3v) is 7.44. The predicted octanol–water partition coefficient (Wildman–Crippen LogP) is 9.72. The summed E-state index contributed by atoms with van der Waals surface area (Å²) in [6.45, 7) is 0. The van der Waals surface area contributed by atoms with E-state index in [0.29, 0.717) is 19.8 Å². The first-order valence-electron chi connectivity index (χ1n) is 10.5. The van der Waals surface area contributed by atoms with Gasteiger partial charge in [-0.15, -0.1) is 0 Å². The Morgan fingerprint density at radius 1 is 0.725 bits per heavy atom. The van der Waals surface area contributed by atoms with Gasteiger partial charge in [0.25, 0.3) is 11.6 Å². The number of amides is 1. The van der Waals surface area contributed by atoms with Crippen molar-refractivity contribution in [3.8, 4) is 17.2 Å². The first kappa shape index (κ1) is 31.8. The second kappa shape index (κ2) is 13.7. The highest BCUT2D eigenvalue weighted by atomic mass is 35.5. The molecule has 0 saturated carbocycles. The van der Waals surface area contributed by atoms with Crippen LogP contribution in [-0.2, 0) is 0 Å². The summed E-state index contributed by atoms with van der Waals surface area (Å²) in [6, 6.07) is 13.6. The number of carbonyl (C=O) groups is 1. The molecular formula is C25H14Cl6N2O6S. The number of rotatable bonds is 5. The summed E-state index contributed by atoms with van der Waals surface area (Å²) < 4.78 is 0. The highest BCUT2D eigenvalue weighted by Gasteiger charge is 2.16. The Bertz CT molecular complexity index is 1570. The van der Waals surface area contributed by atoms with Crippen LogP contribution in [0.2, 0.25) is 30.1 Å². The number of nitro benzene ring substituents is 1. The molecule has 4 rings (SSSR count). The average Bonchev–Trinajstić information content (AvgIpc) is 2.88. The maximum absolute atomic E-state index is 12.0. The molecule has 0 unspecified atom stereocenters. The van der Waals surface area contributed by atoms with Crippen molar-refractivity contribution in [2.75, 3.05) is 5.32 Å². The molecule has 0 aliphatic rings. The van der Waals surface area contributed by atoms with Crippen molar-refractivity contribution in [3.63, 3.8) is 0 Å². The van der Waals surface area contributed by atoms with Crippen LogP contribution >= 0.6 is 81.4 Å². The summed E-state index contributed by atoms with van der Waals surface area (Å²) >= 11 is 36.1. The zero-order chi connectivity index (χ0) is 29.7. The molecule has 1 amide bonds. The monoisotopic (exact) mass is 680 g/mol. The number of hydrogen-bond acceptors (Lipinski definition) is 7. The Labute approximate surface area is 261 Å². The van der Waals surface area contributed by atoms with E-state index in [1.165, 1.54) is 54.6 Å². The standard InChI is InChI=1S/C13H8Cl2N2O4.C12H6Cl4O2S/c14-7-1-4-12(18)9(5-7)13(19)16-11-3-2-8(17(20)21)6-10(11)15;13-5-1-7(15)11(17)9(3-5)19-10-4-6(14)2-8(16)12(10)18/h1-6,18H,(H,16,19);1-4,17-18H. The Balaban J connectivity index is 0.000000222. The van der Waals surface area contributed by atoms with Crippen LogP contribution in [0.15, 0.2) is 70.5 Å². The van der Waals surface area contributed by atoms with E-state index in [0.717, 1.165) is 17.8 Å². The topological polar surface area (TPSA) is 133 Å². The maximum atomic E-state index is 12.0. The Kier molecular flexibility index (Phi) is 10.9. The van der Waals surface area contributed by atoms with Gasteiger partial charge in [-0.2, -0.15) is 0 Å². The van der Waals surface area contributed by atoms with Crippen LogP contribution in [-0.4, -0.2) is 26.2 Å². The van der Waals surface area contributed by atoms with Gasteiger partial charge in [0, 0.05) is 27.2 Å². The number of halogens is 6. The first-order chi connectivity index (χ1) is 18.8. The molecule has 4 aromatic rings. The molecule has 8 nitrogen and oxygen atoms in total. The quantitative estimate of drug-likeness (QED) is 0.122. The van der Waals surface area contributed by atoms with Crippen LogP contribution in [0.5, 0.6) is 17.2 Å². The lowest BCUT2D eigenvalue weighted by Gasteiger charge is -2.09. The highest BCUT2D eigenvalue weighted by Crippen LogP contribution is 2.46. The molecule has 0 aliphatic carbocycles. The van der Waals surface area contributed by atoms with Gasteiger partial charge >= 0.3 is 0 Å². The van der Waals surface area contributed by atoms with E-state index in [-0.39, 0.29) is 54.3 Å². The molecule has 0 heterocycles. The number of carbonyl (C=O) groups excluding carboxylic acids is 1. The molecular weight excluding hydrogens is 669 g/mol. The third-order valence-electron chi connectivity index (χ3n) is 4.82. The summed E-state index contributed by atoms with van der Waals surface area (Å²) in [4.78, 5) is 22.8. The van der Waals surface area contributed by atoms with Gasteiger partial charge < -0.3 is 20.6 Å². The van der Waals surface area contributed by atoms with Gasteiger partial charge in [-0.05, 0) is 48.5 Å². The first-order valence-corrected chi connectivity index (χ1v) is 13.6. The van der Waals surface area contributed by atoms with Crippen molar-refractivity contribution in [3.05, 3.63) is 106 Å². The van der Waals surface area contributed by atoms with Crippen LogP contribution in [0.1, 0.15) is 10.4 Å². The van der Waals surface area contributed by atoms with E-state index < -0.39 is 10.8 Å². The molecule has 0 radical (unpaired) electrons. The summed E-state index contributed by atoms with van der Waals surface area (Å²) in [5.74, 6) is -1.11. The minimum Gasteiger partial charge on any atom is -0.507 e. The lowest BCUT2D eigenvalue weighted by Crippen LogP contribution is -2.12. The van der Waals surface area contributed by atoms with E-state index in [4.69, 9.17) is 69.6 Å². The summed E-state index contributed by atoms with van der Waals surface area (Å²) in [7, 11) is 0. The maximum Gasteiger partial charge on any atom is 0.271 e. The Morgan fingerprint density at radius 2 is 1.27 bits per heavy atom. The Hall–Kier alpha value is -2.76. The smallest absolute Gasteiger partial charge is 0.271 e. The van der Waals surface area contributed by atoms with Gasteiger partial charge in [0.05, 0.1) is 41.0 Å². The number of phenolic OH excluding ortho intramolecular Hbond substituents is 3. The Morgan fingerprint density at radius 3 is 1.77 bits per heavy atom. The molecule has 0 atom stereocenters. The van der Waals surface area contributed by atoms with Crippen LogP contribution in [0, 0.1) is 10.1 Å². The van der Waals surface area contributed by atoms with Crippen molar-refractivity contribution in [1.82, 2.24) is 0 Å². The number of non-ortho nitro benzene ring substituents is 1. The van der Waals surface area contributed by atoms with Crippen molar-refractivity contribution in [2.24, 2.45) is 0 Å². The van der Waals surface area contributed by atoms with Crippen LogP contribution in [0.4, 0.5) is 11.4 Å². The fourth-order valence-electron chi connectivity index (χ4n) is 2.96. The van der Waals surface area contributed by atoms with Gasteiger partial charge in [-0.25, -0.2) is 0 Å². The second-order valence-electron chi connectivity index (χ2n) is 7.61. The minimum absolute atomic E-state index is 0.0130. The highest BCUT2D eigenvalue weighted by molar-refractivity contribution is 7.99. The molecule has 0 aliphatic heterocycles. The van der Waals surface area contributed by atoms with E-state index in [1.54, 1.807) is 0 Å². The van der Waals surface area contributed by atoms with E-state index in [9.17, 15) is 30.2 Å². The number of nitrogens with zero attached hydrogens (tertiary/aromatic N) is 1. The number of aromatic hydroxyl groups is 3. The molecule has 0 saturated heterocycles. The molecule has 15 heteroatoms. The minimum atomic E-state index is -0.634. The van der Waals surface area contributed by atoms with Crippen molar-refractivity contribution < 1.29 is 25.0 Å². The zero-order valence-corrected chi connectivity index (χ0v) is 24.8. The van der Waals surface area contributed by atoms with Gasteiger partial charge in [0.2, 0.25) is 0 Å². The number of nitro groups is 1. The number of nitrogens with one attached hydrogen (secondary N) is 1. The fourth-order valence-corrected chi connectivity index (χ4v) is 5.60. The van der Waals surface area contributed by atoms with Gasteiger partial charge in [-0.3, -0.25) is 14.9 Å². The second-order valence-corrected chi connectivity index (χ2v) is 11.2. The van der Waals surface area contributed by atoms with Crippen molar-refractivity contribution >= 4 is 98.6 Å². The van der Waals surface area contributed by atoms with Crippen molar-refractivity contribution in [2.45, 2.75) is 9.79 Å². The fraction of sp³-hybridized carbons (Fsp3) is 0.